The molecule has 0 saturated carbocycles. The van der Waals surface area contributed by atoms with Gasteiger partial charge >= 0.3 is 0 Å². The van der Waals surface area contributed by atoms with Gasteiger partial charge in [0.15, 0.2) is 23.0 Å². The average molecular weight is 426 g/mol. The minimum atomic E-state index is -0.221. The van der Waals surface area contributed by atoms with Crippen molar-refractivity contribution in [2.75, 3.05) is 27.4 Å². The number of methoxy groups -OCH3 is 2. The Morgan fingerprint density at radius 1 is 1.17 bits per heavy atom. The number of thiazole rings is 1. The fraction of sp³-hybridized carbons (Fsp3) is 0.273. The van der Waals surface area contributed by atoms with E-state index in [-0.39, 0.29) is 18.4 Å². The molecule has 1 amide bonds. The van der Waals surface area contributed by atoms with Gasteiger partial charge in [-0.2, -0.15) is 0 Å². The van der Waals surface area contributed by atoms with Crippen LogP contribution in [0.15, 0.2) is 47.8 Å². The highest BCUT2D eigenvalue weighted by Gasteiger charge is 2.21. The highest BCUT2D eigenvalue weighted by Crippen LogP contribution is 2.33. The molecular weight excluding hydrogens is 404 g/mol. The molecule has 0 fully saturated rings. The number of hydrogen-bond acceptors (Lipinski definition) is 7. The summed E-state index contributed by atoms with van der Waals surface area (Å²) in [5.41, 5.74) is 1.63. The number of carbonyl (C=O) groups is 1. The molecule has 0 bridgehead atoms. The van der Waals surface area contributed by atoms with Crippen molar-refractivity contribution in [1.29, 1.82) is 0 Å². The summed E-state index contributed by atoms with van der Waals surface area (Å²) in [4.78, 5) is 16.9. The molecule has 2 aromatic carbocycles. The van der Waals surface area contributed by atoms with Gasteiger partial charge in [-0.1, -0.05) is 12.1 Å². The highest BCUT2D eigenvalue weighted by atomic mass is 32.1. The van der Waals surface area contributed by atoms with E-state index in [0.717, 1.165) is 16.3 Å². The number of aromatic nitrogens is 1. The number of rotatable bonds is 7. The number of ether oxygens (including phenoxy) is 4. The van der Waals surface area contributed by atoms with Crippen LogP contribution in [0.2, 0.25) is 0 Å². The van der Waals surface area contributed by atoms with Crippen LogP contribution < -0.4 is 24.3 Å². The molecule has 0 spiro atoms. The molecule has 3 aromatic rings. The number of hydrogen-bond donors (Lipinski definition) is 1. The number of para-hydroxylation sites is 2. The van der Waals surface area contributed by atoms with Crippen molar-refractivity contribution in [2.45, 2.75) is 12.5 Å². The lowest BCUT2D eigenvalue weighted by Gasteiger charge is -2.26. The smallest absolute Gasteiger partial charge is 0.226 e. The molecule has 156 valence electrons. The highest BCUT2D eigenvalue weighted by molar-refractivity contribution is 7.13. The lowest BCUT2D eigenvalue weighted by atomic mass is 10.2. The van der Waals surface area contributed by atoms with Crippen LogP contribution in [0.4, 0.5) is 0 Å². The van der Waals surface area contributed by atoms with Crippen LogP contribution in [0, 0.1) is 0 Å². The Morgan fingerprint density at radius 2 is 1.97 bits per heavy atom. The predicted octanol–water partition coefficient (Wildman–Crippen LogP) is 3.33. The molecule has 2 heterocycles. The van der Waals surface area contributed by atoms with Crippen molar-refractivity contribution in [3.05, 3.63) is 53.5 Å². The third-order valence-corrected chi connectivity index (χ3v) is 5.56. The first-order valence-electron chi connectivity index (χ1n) is 9.48. The number of benzene rings is 2. The minimum absolute atomic E-state index is 0.110. The van der Waals surface area contributed by atoms with E-state index >= 15 is 0 Å². The van der Waals surface area contributed by atoms with Crippen LogP contribution in [-0.4, -0.2) is 44.4 Å². The summed E-state index contributed by atoms with van der Waals surface area (Å²) >= 11 is 1.48. The first kappa shape index (κ1) is 20.0. The van der Waals surface area contributed by atoms with Crippen molar-refractivity contribution < 1.29 is 23.7 Å². The molecule has 0 radical (unpaired) electrons. The minimum Gasteiger partial charge on any atom is -0.493 e. The van der Waals surface area contributed by atoms with E-state index in [1.807, 2.05) is 47.8 Å². The summed E-state index contributed by atoms with van der Waals surface area (Å²) in [6.45, 7) is 0.775. The summed E-state index contributed by atoms with van der Waals surface area (Å²) in [5.74, 6) is 2.61. The molecule has 1 aromatic heterocycles. The Kier molecular flexibility index (Phi) is 6.04. The lowest BCUT2D eigenvalue weighted by Crippen LogP contribution is -2.41. The van der Waals surface area contributed by atoms with Gasteiger partial charge < -0.3 is 24.3 Å². The van der Waals surface area contributed by atoms with E-state index in [9.17, 15) is 4.79 Å². The van der Waals surface area contributed by atoms with Crippen LogP contribution in [0.3, 0.4) is 0 Å². The monoisotopic (exact) mass is 426 g/mol. The first-order chi connectivity index (χ1) is 14.7. The molecule has 8 heteroatoms. The van der Waals surface area contributed by atoms with Gasteiger partial charge in [0.05, 0.1) is 32.9 Å². The van der Waals surface area contributed by atoms with Gasteiger partial charge in [0.2, 0.25) is 5.91 Å². The van der Waals surface area contributed by atoms with E-state index in [2.05, 4.69) is 10.3 Å². The second kappa shape index (κ2) is 9.04. The zero-order valence-corrected chi connectivity index (χ0v) is 17.5. The molecule has 1 atom stereocenters. The SMILES string of the molecule is COc1ccc(-c2nc(CC(=O)NCC3COc4ccccc4O3)cs2)cc1OC. The number of nitrogens with zero attached hydrogens (tertiary/aromatic N) is 1. The van der Waals surface area contributed by atoms with Crippen LogP contribution in [0.1, 0.15) is 5.69 Å². The normalized spacial score (nSPS) is 14.8. The lowest BCUT2D eigenvalue weighted by molar-refractivity contribution is -0.121. The fourth-order valence-electron chi connectivity index (χ4n) is 3.11. The summed E-state index contributed by atoms with van der Waals surface area (Å²) in [7, 11) is 3.19. The molecule has 1 aliphatic heterocycles. The molecule has 30 heavy (non-hydrogen) atoms. The zero-order chi connectivity index (χ0) is 20.9. The molecule has 0 aliphatic carbocycles. The first-order valence-corrected chi connectivity index (χ1v) is 10.4. The predicted molar refractivity (Wildman–Crippen MR) is 114 cm³/mol. The molecule has 0 saturated heterocycles. The Labute approximate surface area is 178 Å². The molecular formula is C22H22N2O5S. The zero-order valence-electron chi connectivity index (χ0n) is 16.7. The number of fused-ring (bicyclic) bond motifs is 1. The van der Waals surface area contributed by atoms with Crippen molar-refractivity contribution in [3.8, 4) is 33.6 Å². The molecule has 4 rings (SSSR count). The van der Waals surface area contributed by atoms with Crippen LogP contribution in [0.5, 0.6) is 23.0 Å². The number of nitrogens with one attached hydrogen (secondary N) is 1. The number of amides is 1. The van der Waals surface area contributed by atoms with Crippen molar-refractivity contribution in [3.63, 3.8) is 0 Å². The number of carbonyl (C=O) groups excluding carboxylic acids is 1. The Hall–Kier alpha value is -3.26. The third-order valence-electron chi connectivity index (χ3n) is 4.62. The third kappa shape index (κ3) is 4.49. The largest absolute Gasteiger partial charge is 0.493 e. The molecule has 1 unspecified atom stereocenters. The van der Waals surface area contributed by atoms with E-state index in [0.29, 0.717) is 36.1 Å². The van der Waals surface area contributed by atoms with E-state index in [1.54, 1.807) is 14.2 Å². The van der Waals surface area contributed by atoms with E-state index in [1.165, 1.54) is 11.3 Å². The van der Waals surface area contributed by atoms with Gasteiger partial charge in [-0.25, -0.2) is 4.98 Å². The van der Waals surface area contributed by atoms with Gasteiger partial charge in [0.25, 0.3) is 0 Å². The van der Waals surface area contributed by atoms with E-state index < -0.39 is 0 Å². The fourth-order valence-corrected chi connectivity index (χ4v) is 3.93. The van der Waals surface area contributed by atoms with Crippen LogP contribution >= 0.6 is 11.3 Å². The standard InChI is InChI=1S/C22H22N2O5S/c1-26-17-8-7-14(9-20(17)27-2)22-24-15(13-30-22)10-21(25)23-11-16-12-28-18-5-3-4-6-19(18)29-16/h3-9,13,16H,10-12H2,1-2H3,(H,23,25). The van der Waals surface area contributed by atoms with Crippen molar-refractivity contribution in [1.82, 2.24) is 10.3 Å². The summed E-state index contributed by atoms with van der Waals surface area (Å²) in [5, 5.41) is 5.61. The summed E-state index contributed by atoms with van der Waals surface area (Å²) in [6, 6.07) is 13.1. The maximum atomic E-state index is 12.4. The quantitative estimate of drug-likeness (QED) is 0.624. The van der Waals surface area contributed by atoms with Crippen LogP contribution in [0.25, 0.3) is 10.6 Å². The maximum absolute atomic E-state index is 12.4. The summed E-state index contributed by atoms with van der Waals surface area (Å²) < 4.78 is 22.1. The van der Waals surface area contributed by atoms with Gasteiger partial charge in [0, 0.05) is 10.9 Å². The van der Waals surface area contributed by atoms with Gasteiger partial charge in [-0.3, -0.25) is 4.79 Å². The Balaban J connectivity index is 1.32. The van der Waals surface area contributed by atoms with Gasteiger partial charge in [-0.15, -0.1) is 11.3 Å². The molecule has 1 aliphatic rings. The average Bonchev–Trinajstić information content (AvgIpc) is 3.25. The van der Waals surface area contributed by atoms with Crippen molar-refractivity contribution >= 4 is 17.2 Å². The second-order valence-electron chi connectivity index (χ2n) is 6.69. The van der Waals surface area contributed by atoms with Crippen LogP contribution in [-0.2, 0) is 11.2 Å². The van der Waals surface area contributed by atoms with Gasteiger partial charge in [0.1, 0.15) is 17.7 Å². The van der Waals surface area contributed by atoms with E-state index in [4.69, 9.17) is 18.9 Å². The second-order valence-corrected chi connectivity index (χ2v) is 7.55. The molecule has 1 N–H and O–H groups in total. The van der Waals surface area contributed by atoms with Gasteiger partial charge in [-0.05, 0) is 30.3 Å². The summed E-state index contributed by atoms with van der Waals surface area (Å²) in [6.07, 6.45) is -0.0184. The van der Waals surface area contributed by atoms with Crippen molar-refractivity contribution in [2.24, 2.45) is 0 Å². The Bertz CT molecular complexity index is 1040. The Morgan fingerprint density at radius 3 is 2.77 bits per heavy atom. The molecule has 7 nitrogen and oxygen atoms in total. The topological polar surface area (TPSA) is 78.9 Å². The maximum Gasteiger partial charge on any atom is 0.226 e.